The molecule has 0 radical (unpaired) electrons. The van der Waals surface area contributed by atoms with Gasteiger partial charge in [0.2, 0.25) is 5.91 Å². The van der Waals surface area contributed by atoms with Gasteiger partial charge in [-0.05, 0) is 31.2 Å². The molecule has 0 spiro atoms. The molecule has 128 valence electrons. The van der Waals surface area contributed by atoms with Crippen molar-refractivity contribution in [2.45, 2.75) is 25.3 Å². The first-order chi connectivity index (χ1) is 11.2. The first-order valence-electron chi connectivity index (χ1n) is 7.93. The molecular formula is C17H26N2O3S. The van der Waals surface area contributed by atoms with Gasteiger partial charge in [0.25, 0.3) is 0 Å². The molecule has 1 saturated heterocycles. The van der Waals surface area contributed by atoms with Gasteiger partial charge in [0.1, 0.15) is 0 Å². The van der Waals surface area contributed by atoms with Crippen LogP contribution in [-0.4, -0.2) is 56.2 Å². The van der Waals surface area contributed by atoms with E-state index in [-0.39, 0.29) is 11.9 Å². The number of likely N-dealkylation sites (tertiary alicyclic amines) is 1. The van der Waals surface area contributed by atoms with Gasteiger partial charge in [-0.2, -0.15) is 11.8 Å². The predicted octanol–water partition coefficient (Wildman–Crippen LogP) is 2.86. The van der Waals surface area contributed by atoms with E-state index >= 15 is 0 Å². The number of methoxy groups -OCH3 is 2. The van der Waals surface area contributed by atoms with Crippen LogP contribution in [0.5, 0.6) is 11.5 Å². The molecule has 1 fully saturated rings. The van der Waals surface area contributed by atoms with E-state index in [1.807, 2.05) is 29.4 Å². The van der Waals surface area contributed by atoms with E-state index in [4.69, 9.17) is 9.47 Å². The van der Waals surface area contributed by atoms with Gasteiger partial charge >= 0.3 is 0 Å². The second-order valence-corrected chi connectivity index (χ2v) is 6.62. The van der Waals surface area contributed by atoms with Crippen molar-refractivity contribution in [3.63, 3.8) is 0 Å². The lowest BCUT2D eigenvalue weighted by Crippen LogP contribution is -2.45. The Kier molecular flexibility index (Phi) is 6.89. The van der Waals surface area contributed by atoms with E-state index in [0.29, 0.717) is 12.2 Å². The Morgan fingerprint density at radius 3 is 2.83 bits per heavy atom. The standard InChI is InChI=1S/C17H26N2O3S/c1-21-15-7-6-13(11-16(15)22-2)18-14-5-4-9-19(12-14)17(20)8-10-23-3/h6-7,11,14,18H,4-5,8-10,12H2,1-3H3. The highest BCUT2D eigenvalue weighted by Crippen LogP contribution is 2.30. The molecule has 1 N–H and O–H groups in total. The topological polar surface area (TPSA) is 50.8 Å². The first kappa shape index (κ1) is 17.8. The van der Waals surface area contributed by atoms with Crippen LogP contribution in [0.2, 0.25) is 0 Å². The Balaban J connectivity index is 1.95. The van der Waals surface area contributed by atoms with E-state index < -0.39 is 0 Å². The number of hydrogen-bond acceptors (Lipinski definition) is 5. The number of nitrogens with one attached hydrogen (secondary N) is 1. The van der Waals surface area contributed by atoms with Gasteiger partial charge in [0.15, 0.2) is 11.5 Å². The summed E-state index contributed by atoms with van der Waals surface area (Å²) in [7, 11) is 3.26. The van der Waals surface area contributed by atoms with Crippen molar-refractivity contribution < 1.29 is 14.3 Å². The number of piperidine rings is 1. The quantitative estimate of drug-likeness (QED) is 0.828. The van der Waals surface area contributed by atoms with Gasteiger partial charge in [0, 0.05) is 43.1 Å². The van der Waals surface area contributed by atoms with Crippen molar-refractivity contribution in [2.75, 3.05) is 44.6 Å². The van der Waals surface area contributed by atoms with Crippen molar-refractivity contribution >= 4 is 23.4 Å². The minimum atomic E-state index is 0.262. The van der Waals surface area contributed by atoms with Crippen LogP contribution in [0, 0.1) is 0 Å². The summed E-state index contributed by atoms with van der Waals surface area (Å²) in [5.74, 6) is 2.58. The Morgan fingerprint density at radius 1 is 1.35 bits per heavy atom. The van der Waals surface area contributed by atoms with Crippen molar-refractivity contribution in [2.24, 2.45) is 0 Å². The van der Waals surface area contributed by atoms with E-state index in [1.54, 1.807) is 26.0 Å². The average Bonchev–Trinajstić information content (AvgIpc) is 2.59. The number of rotatable bonds is 7. The molecule has 0 aliphatic carbocycles. The first-order valence-corrected chi connectivity index (χ1v) is 9.32. The van der Waals surface area contributed by atoms with Gasteiger partial charge in [-0.3, -0.25) is 4.79 Å². The smallest absolute Gasteiger partial charge is 0.223 e. The van der Waals surface area contributed by atoms with Gasteiger partial charge in [-0.15, -0.1) is 0 Å². The third-order valence-corrected chi connectivity index (χ3v) is 4.66. The largest absolute Gasteiger partial charge is 0.493 e. The third kappa shape index (κ3) is 4.96. The number of thioether (sulfide) groups is 1. The molecule has 23 heavy (non-hydrogen) atoms. The summed E-state index contributed by atoms with van der Waals surface area (Å²) >= 11 is 1.72. The number of hydrogen-bond donors (Lipinski definition) is 1. The molecule has 1 aliphatic heterocycles. The zero-order valence-electron chi connectivity index (χ0n) is 14.1. The fourth-order valence-corrected chi connectivity index (χ4v) is 3.21. The van der Waals surface area contributed by atoms with Crippen molar-refractivity contribution in [1.29, 1.82) is 0 Å². The second kappa shape index (κ2) is 8.91. The summed E-state index contributed by atoms with van der Waals surface area (Å²) in [6.45, 7) is 1.64. The molecule has 0 bridgehead atoms. The Hall–Kier alpha value is -1.56. The molecule has 1 heterocycles. The fourth-order valence-electron chi connectivity index (χ4n) is 2.83. The molecule has 1 atom stereocenters. The highest BCUT2D eigenvalue weighted by Gasteiger charge is 2.23. The second-order valence-electron chi connectivity index (χ2n) is 5.64. The molecule has 1 amide bonds. The van der Waals surface area contributed by atoms with Crippen LogP contribution in [0.25, 0.3) is 0 Å². The van der Waals surface area contributed by atoms with Gasteiger partial charge in [-0.1, -0.05) is 0 Å². The van der Waals surface area contributed by atoms with Gasteiger partial charge < -0.3 is 19.7 Å². The van der Waals surface area contributed by atoms with Crippen LogP contribution in [-0.2, 0) is 4.79 Å². The lowest BCUT2D eigenvalue weighted by Gasteiger charge is -2.34. The number of anilines is 1. The molecule has 1 unspecified atom stereocenters. The Morgan fingerprint density at radius 2 is 2.13 bits per heavy atom. The summed E-state index contributed by atoms with van der Waals surface area (Å²) in [5.41, 5.74) is 0.992. The molecule has 1 aromatic carbocycles. The van der Waals surface area contributed by atoms with Crippen LogP contribution in [0.15, 0.2) is 18.2 Å². The highest BCUT2D eigenvalue weighted by molar-refractivity contribution is 7.98. The van der Waals surface area contributed by atoms with Crippen LogP contribution in [0.1, 0.15) is 19.3 Å². The van der Waals surface area contributed by atoms with Gasteiger partial charge in [0.05, 0.1) is 14.2 Å². The number of ether oxygens (including phenoxy) is 2. The van der Waals surface area contributed by atoms with E-state index in [9.17, 15) is 4.79 Å². The summed E-state index contributed by atoms with van der Waals surface area (Å²) in [5, 5.41) is 3.51. The van der Waals surface area contributed by atoms with Crippen LogP contribution >= 0.6 is 11.8 Å². The number of benzene rings is 1. The molecular weight excluding hydrogens is 312 g/mol. The number of nitrogens with zero attached hydrogens (tertiary/aromatic N) is 1. The summed E-state index contributed by atoms with van der Waals surface area (Å²) in [6, 6.07) is 6.09. The molecule has 0 saturated carbocycles. The van der Waals surface area contributed by atoms with E-state index in [0.717, 1.165) is 43.1 Å². The zero-order valence-corrected chi connectivity index (χ0v) is 14.9. The lowest BCUT2D eigenvalue weighted by atomic mass is 10.0. The van der Waals surface area contributed by atoms with Crippen LogP contribution < -0.4 is 14.8 Å². The SMILES string of the molecule is COc1ccc(NC2CCCN(C(=O)CCSC)C2)cc1OC. The van der Waals surface area contributed by atoms with Crippen molar-refractivity contribution in [3.8, 4) is 11.5 Å². The maximum atomic E-state index is 12.2. The number of carbonyl (C=O) groups is 1. The van der Waals surface area contributed by atoms with Gasteiger partial charge in [-0.25, -0.2) is 0 Å². The lowest BCUT2D eigenvalue weighted by molar-refractivity contribution is -0.131. The monoisotopic (exact) mass is 338 g/mol. The highest BCUT2D eigenvalue weighted by atomic mass is 32.2. The molecule has 5 nitrogen and oxygen atoms in total. The van der Waals surface area contributed by atoms with E-state index in [1.165, 1.54) is 0 Å². The molecule has 1 aliphatic rings. The van der Waals surface area contributed by atoms with Crippen molar-refractivity contribution in [1.82, 2.24) is 4.90 Å². The van der Waals surface area contributed by atoms with Crippen LogP contribution in [0.4, 0.5) is 5.69 Å². The van der Waals surface area contributed by atoms with Crippen molar-refractivity contribution in [3.05, 3.63) is 18.2 Å². The third-order valence-electron chi connectivity index (χ3n) is 4.05. The average molecular weight is 338 g/mol. The maximum absolute atomic E-state index is 12.2. The predicted molar refractivity (Wildman–Crippen MR) is 95.8 cm³/mol. The Bertz CT molecular complexity index is 525. The fraction of sp³-hybridized carbons (Fsp3) is 0.588. The minimum Gasteiger partial charge on any atom is -0.493 e. The number of amides is 1. The summed E-state index contributed by atoms with van der Waals surface area (Å²) in [6.07, 6.45) is 4.77. The normalized spacial score (nSPS) is 17.7. The Labute approximate surface area is 142 Å². The molecule has 2 rings (SSSR count). The molecule has 1 aromatic rings. The maximum Gasteiger partial charge on any atom is 0.223 e. The zero-order chi connectivity index (χ0) is 16.7. The molecule has 0 aromatic heterocycles. The summed E-state index contributed by atoms with van der Waals surface area (Å²) < 4.78 is 10.6. The molecule has 6 heteroatoms. The van der Waals surface area contributed by atoms with Crippen LogP contribution in [0.3, 0.4) is 0 Å². The van der Waals surface area contributed by atoms with E-state index in [2.05, 4.69) is 5.32 Å². The number of carbonyl (C=O) groups excluding carboxylic acids is 1. The summed E-state index contributed by atoms with van der Waals surface area (Å²) in [4.78, 5) is 14.2. The minimum absolute atomic E-state index is 0.262.